The summed E-state index contributed by atoms with van der Waals surface area (Å²) < 4.78 is 5.21. The molecule has 1 rings (SSSR count). The highest BCUT2D eigenvalue weighted by Crippen LogP contribution is 2.14. The molecular weight excluding hydrogens is 210 g/mol. The van der Waals surface area contributed by atoms with Crippen molar-refractivity contribution in [2.24, 2.45) is 0 Å². The van der Waals surface area contributed by atoms with Crippen LogP contribution < -0.4 is 0 Å². The average Bonchev–Trinajstić information content (AvgIpc) is 2.15. The average molecular weight is 225 g/mol. The Hall–Kier alpha value is -1.03. The maximum absolute atomic E-state index is 11.6. The zero-order chi connectivity index (χ0) is 11.5. The number of esters is 1. The fourth-order valence-electron chi connectivity index (χ4n) is 0.959. The molecule has 1 heterocycles. The summed E-state index contributed by atoms with van der Waals surface area (Å²) in [5, 5.41) is 0.891. The molecule has 0 fully saturated rings. The lowest BCUT2D eigenvalue weighted by Gasteiger charge is -2.19. The van der Waals surface area contributed by atoms with Crippen molar-refractivity contribution in [3.8, 4) is 0 Å². The van der Waals surface area contributed by atoms with Gasteiger partial charge in [0.2, 0.25) is 0 Å². The molecule has 0 saturated heterocycles. The van der Waals surface area contributed by atoms with Crippen LogP contribution in [0.15, 0.2) is 23.4 Å². The molecular formula is C11H15NO2S. The van der Waals surface area contributed by atoms with E-state index in [4.69, 9.17) is 4.74 Å². The molecule has 1 aromatic rings. The van der Waals surface area contributed by atoms with E-state index in [0.29, 0.717) is 5.56 Å². The molecule has 4 heteroatoms. The van der Waals surface area contributed by atoms with Gasteiger partial charge in [-0.05, 0) is 39.2 Å². The molecule has 0 bridgehead atoms. The molecule has 0 atom stereocenters. The van der Waals surface area contributed by atoms with Crippen LogP contribution in [0.4, 0.5) is 0 Å². The summed E-state index contributed by atoms with van der Waals surface area (Å²) in [6, 6.07) is 3.54. The quantitative estimate of drug-likeness (QED) is 0.573. The molecule has 0 saturated carbocycles. The van der Waals surface area contributed by atoms with E-state index in [9.17, 15) is 4.79 Å². The third-order valence-corrected chi connectivity index (χ3v) is 2.24. The van der Waals surface area contributed by atoms with Gasteiger partial charge in [0.1, 0.15) is 5.60 Å². The Bertz CT molecular complexity index is 341. The van der Waals surface area contributed by atoms with Crippen LogP contribution in [0.3, 0.4) is 0 Å². The van der Waals surface area contributed by atoms with E-state index in [0.717, 1.165) is 5.03 Å². The van der Waals surface area contributed by atoms with Gasteiger partial charge in [0, 0.05) is 6.20 Å². The number of aromatic nitrogens is 1. The van der Waals surface area contributed by atoms with E-state index >= 15 is 0 Å². The van der Waals surface area contributed by atoms with Crippen LogP contribution in [-0.4, -0.2) is 22.8 Å². The Morgan fingerprint density at radius 1 is 1.40 bits per heavy atom. The standard InChI is InChI=1S/C11H15NO2S/c1-11(2,3)14-10(13)8-5-6-9(15-4)12-7-8/h5-7H,1-4H3. The number of carbonyl (C=O) groups excluding carboxylic acids is 1. The molecule has 0 aliphatic heterocycles. The van der Waals surface area contributed by atoms with Crippen molar-refractivity contribution >= 4 is 17.7 Å². The van der Waals surface area contributed by atoms with Crippen LogP contribution in [0.25, 0.3) is 0 Å². The summed E-state index contributed by atoms with van der Waals surface area (Å²) in [4.78, 5) is 15.7. The maximum Gasteiger partial charge on any atom is 0.340 e. The topological polar surface area (TPSA) is 39.2 Å². The van der Waals surface area contributed by atoms with Gasteiger partial charge >= 0.3 is 5.97 Å². The SMILES string of the molecule is CSc1ccc(C(=O)OC(C)(C)C)cn1. The third-order valence-electron chi connectivity index (χ3n) is 1.58. The van der Waals surface area contributed by atoms with Crippen molar-refractivity contribution in [3.05, 3.63) is 23.9 Å². The van der Waals surface area contributed by atoms with Crippen LogP contribution in [0.5, 0.6) is 0 Å². The molecule has 0 aliphatic carbocycles. The van der Waals surface area contributed by atoms with E-state index in [1.165, 1.54) is 11.8 Å². The van der Waals surface area contributed by atoms with E-state index in [2.05, 4.69) is 4.98 Å². The van der Waals surface area contributed by atoms with Gasteiger partial charge in [-0.2, -0.15) is 0 Å². The summed E-state index contributed by atoms with van der Waals surface area (Å²) in [5.74, 6) is -0.331. The van der Waals surface area contributed by atoms with Crippen LogP contribution in [0, 0.1) is 0 Å². The van der Waals surface area contributed by atoms with Crippen molar-refractivity contribution in [3.63, 3.8) is 0 Å². The van der Waals surface area contributed by atoms with Gasteiger partial charge in [-0.3, -0.25) is 0 Å². The lowest BCUT2D eigenvalue weighted by atomic mass is 10.2. The number of hydrogen-bond acceptors (Lipinski definition) is 4. The Labute approximate surface area is 94.2 Å². The lowest BCUT2D eigenvalue weighted by Crippen LogP contribution is -2.23. The van der Waals surface area contributed by atoms with Crippen molar-refractivity contribution in [1.82, 2.24) is 4.98 Å². The zero-order valence-electron chi connectivity index (χ0n) is 9.40. The first-order chi connectivity index (χ1) is 6.92. The second-order valence-corrected chi connectivity index (χ2v) is 4.92. The number of thioether (sulfide) groups is 1. The van der Waals surface area contributed by atoms with E-state index in [-0.39, 0.29) is 5.97 Å². The fourth-order valence-corrected chi connectivity index (χ4v) is 1.32. The minimum absolute atomic E-state index is 0.331. The lowest BCUT2D eigenvalue weighted by molar-refractivity contribution is 0.00690. The number of ether oxygens (including phenoxy) is 1. The fraction of sp³-hybridized carbons (Fsp3) is 0.455. The molecule has 0 spiro atoms. The van der Waals surface area contributed by atoms with Crippen molar-refractivity contribution in [2.75, 3.05) is 6.26 Å². The highest BCUT2D eigenvalue weighted by Gasteiger charge is 2.17. The van der Waals surface area contributed by atoms with Crippen LogP contribution in [0.2, 0.25) is 0 Å². The first-order valence-electron chi connectivity index (χ1n) is 4.66. The van der Waals surface area contributed by atoms with Gasteiger partial charge in [-0.25, -0.2) is 9.78 Å². The number of nitrogens with zero attached hydrogens (tertiary/aromatic N) is 1. The highest BCUT2D eigenvalue weighted by molar-refractivity contribution is 7.98. The van der Waals surface area contributed by atoms with Crippen LogP contribution >= 0.6 is 11.8 Å². The predicted octanol–water partition coefficient (Wildman–Crippen LogP) is 2.76. The first-order valence-corrected chi connectivity index (χ1v) is 5.88. The Kier molecular flexibility index (Phi) is 3.74. The van der Waals surface area contributed by atoms with Crippen molar-refractivity contribution < 1.29 is 9.53 Å². The zero-order valence-corrected chi connectivity index (χ0v) is 10.2. The molecule has 82 valence electrons. The Morgan fingerprint density at radius 2 is 2.07 bits per heavy atom. The second kappa shape index (κ2) is 4.66. The van der Waals surface area contributed by atoms with Crippen molar-refractivity contribution in [2.45, 2.75) is 31.4 Å². The first kappa shape index (κ1) is 12.0. The monoisotopic (exact) mass is 225 g/mol. The summed E-state index contributed by atoms with van der Waals surface area (Å²) >= 11 is 1.54. The molecule has 0 N–H and O–H groups in total. The molecule has 3 nitrogen and oxygen atoms in total. The summed E-state index contributed by atoms with van der Waals surface area (Å²) in [5.41, 5.74) is 0.0256. The summed E-state index contributed by atoms with van der Waals surface area (Å²) in [6.45, 7) is 5.53. The van der Waals surface area contributed by atoms with Gasteiger partial charge in [0.25, 0.3) is 0 Å². The van der Waals surface area contributed by atoms with E-state index in [1.54, 1.807) is 12.3 Å². The smallest absolute Gasteiger partial charge is 0.340 e. The Balaban J connectivity index is 2.75. The Morgan fingerprint density at radius 3 is 2.47 bits per heavy atom. The number of rotatable bonds is 2. The van der Waals surface area contributed by atoms with E-state index < -0.39 is 5.60 Å². The summed E-state index contributed by atoms with van der Waals surface area (Å²) in [6.07, 6.45) is 3.48. The highest BCUT2D eigenvalue weighted by atomic mass is 32.2. The van der Waals surface area contributed by atoms with Gasteiger partial charge in [-0.1, -0.05) is 0 Å². The van der Waals surface area contributed by atoms with Gasteiger partial charge in [0.15, 0.2) is 0 Å². The summed E-state index contributed by atoms with van der Waals surface area (Å²) in [7, 11) is 0. The molecule has 0 aliphatic rings. The van der Waals surface area contributed by atoms with Crippen molar-refractivity contribution in [1.29, 1.82) is 0 Å². The minimum Gasteiger partial charge on any atom is -0.456 e. The molecule has 0 unspecified atom stereocenters. The number of hydrogen-bond donors (Lipinski definition) is 0. The van der Waals surface area contributed by atoms with Gasteiger partial charge in [0.05, 0.1) is 10.6 Å². The number of pyridine rings is 1. The largest absolute Gasteiger partial charge is 0.456 e. The van der Waals surface area contributed by atoms with E-state index in [1.807, 2.05) is 33.1 Å². The van der Waals surface area contributed by atoms with Gasteiger partial charge < -0.3 is 4.74 Å². The van der Waals surface area contributed by atoms with Gasteiger partial charge in [-0.15, -0.1) is 11.8 Å². The molecule has 0 amide bonds. The van der Waals surface area contributed by atoms with Crippen LogP contribution in [0.1, 0.15) is 31.1 Å². The maximum atomic E-state index is 11.6. The molecule has 0 radical (unpaired) electrons. The molecule has 0 aromatic carbocycles. The second-order valence-electron chi connectivity index (χ2n) is 4.09. The molecule has 1 aromatic heterocycles. The number of carbonyl (C=O) groups is 1. The minimum atomic E-state index is -0.463. The third kappa shape index (κ3) is 3.91. The van der Waals surface area contributed by atoms with Crippen LogP contribution in [-0.2, 0) is 4.74 Å². The molecule has 15 heavy (non-hydrogen) atoms. The normalized spacial score (nSPS) is 11.2. The predicted molar refractivity (Wildman–Crippen MR) is 61.2 cm³/mol.